The van der Waals surface area contributed by atoms with E-state index in [2.05, 4.69) is 26.1 Å². The van der Waals surface area contributed by atoms with E-state index in [0.717, 1.165) is 19.4 Å². The molecule has 0 aromatic carbocycles. The number of nitrogens with zero attached hydrogens (tertiary/aromatic N) is 1. The molecule has 1 amide bonds. The predicted octanol–water partition coefficient (Wildman–Crippen LogP) is 6.41. The van der Waals surface area contributed by atoms with E-state index in [0.29, 0.717) is 19.0 Å². The summed E-state index contributed by atoms with van der Waals surface area (Å²) in [5.41, 5.74) is 0. The molecule has 0 saturated heterocycles. The SMILES string of the molecule is CCCCCCCCCCCCCCCCCC(=O)NCCCN(CO)C(C)C. The van der Waals surface area contributed by atoms with Crippen LogP contribution in [0.25, 0.3) is 0 Å². The zero-order valence-electron chi connectivity index (χ0n) is 20.0. The molecular weight excluding hydrogens is 360 g/mol. The molecule has 0 unspecified atom stereocenters. The molecule has 0 aliphatic rings. The molecule has 4 heteroatoms. The second kappa shape index (κ2) is 22.1. The van der Waals surface area contributed by atoms with Crippen LogP contribution in [0.15, 0.2) is 0 Å². The monoisotopic (exact) mass is 412 g/mol. The Morgan fingerprint density at radius 2 is 1.21 bits per heavy atom. The summed E-state index contributed by atoms with van der Waals surface area (Å²) in [5.74, 6) is 0.180. The molecule has 0 fully saturated rings. The minimum Gasteiger partial charge on any atom is -0.381 e. The Morgan fingerprint density at radius 1 is 0.759 bits per heavy atom. The summed E-state index contributed by atoms with van der Waals surface area (Å²) in [6, 6.07) is 0.344. The first-order chi connectivity index (χ1) is 14.1. The van der Waals surface area contributed by atoms with E-state index in [1.807, 2.05) is 4.90 Å². The van der Waals surface area contributed by atoms with Crippen LogP contribution in [0.1, 0.15) is 130 Å². The number of unbranched alkanes of at least 4 members (excludes halogenated alkanes) is 14. The zero-order valence-corrected chi connectivity index (χ0v) is 20.0. The number of hydrogen-bond acceptors (Lipinski definition) is 3. The quantitative estimate of drug-likeness (QED) is 0.159. The number of carbonyl (C=O) groups excluding carboxylic acids is 1. The van der Waals surface area contributed by atoms with Gasteiger partial charge >= 0.3 is 0 Å². The van der Waals surface area contributed by atoms with Gasteiger partial charge in [0, 0.05) is 25.6 Å². The van der Waals surface area contributed by atoms with Crippen molar-refractivity contribution in [2.24, 2.45) is 0 Å². The van der Waals surface area contributed by atoms with Crippen molar-refractivity contribution in [3.63, 3.8) is 0 Å². The van der Waals surface area contributed by atoms with Crippen LogP contribution in [0.4, 0.5) is 0 Å². The highest BCUT2D eigenvalue weighted by Gasteiger charge is 2.07. The first kappa shape index (κ1) is 28.4. The Hall–Kier alpha value is -0.610. The molecule has 0 radical (unpaired) electrons. The van der Waals surface area contributed by atoms with Crippen LogP contribution in [-0.4, -0.2) is 41.8 Å². The van der Waals surface area contributed by atoms with Gasteiger partial charge < -0.3 is 10.4 Å². The summed E-state index contributed by atoms with van der Waals surface area (Å²) in [6.45, 7) is 8.05. The van der Waals surface area contributed by atoms with Gasteiger partial charge in [0.15, 0.2) is 0 Å². The molecule has 2 N–H and O–H groups in total. The van der Waals surface area contributed by atoms with Crippen LogP contribution >= 0.6 is 0 Å². The topological polar surface area (TPSA) is 52.6 Å². The van der Waals surface area contributed by atoms with Crippen molar-refractivity contribution in [3.8, 4) is 0 Å². The van der Waals surface area contributed by atoms with E-state index in [1.165, 1.54) is 89.9 Å². The van der Waals surface area contributed by atoms with Gasteiger partial charge in [-0.25, -0.2) is 0 Å². The first-order valence-corrected chi connectivity index (χ1v) is 12.7. The lowest BCUT2D eigenvalue weighted by molar-refractivity contribution is -0.121. The Balaban J connectivity index is 3.25. The van der Waals surface area contributed by atoms with E-state index < -0.39 is 0 Å². The van der Waals surface area contributed by atoms with Gasteiger partial charge in [0.2, 0.25) is 5.91 Å². The van der Waals surface area contributed by atoms with E-state index in [4.69, 9.17) is 0 Å². The van der Waals surface area contributed by atoms with Crippen molar-refractivity contribution in [1.82, 2.24) is 10.2 Å². The molecule has 4 nitrogen and oxygen atoms in total. The number of amides is 1. The molecule has 29 heavy (non-hydrogen) atoms. The van der Waals surface area contributed by atoms with Crippen LogP contribution in [-0.2, 0) is 4.79 Å². The fourth-order valence-electron chi connectivity index (χ4n) is 3.75. The Kier molecular flexibility index (Phi) is 21.6. The maximum Gasteiger partial charge on any atom is 0.219 e. The summed E-state index contributed by atoms with van der Waals surface area (Å²) in [7, 11) is 0. The highest BCUT2D eigenvalue weighted by Crippen LogP contribution is 2.13. The second-order valence-corrected chi connectivity index (χ2v) is 8.95. The third-order valence-electron chi connectivity index (χ3n) is 5.86. The molecule has 0 aliphatic carbocycles. The first-order valence-electron chi connectivity index (χ1n) is 12.7. The number of aliphatic hydroxyl groups excluding tert-OH is 1. The Labute approximate surface area is 182 Å². The molecule has 0 spiro atoms. The van der Waals surface area contributed by atoms with Crippen LogP contribution in [0.3, 0.4) is 0 Å². The van der Waals surface area contributed by atoms with Gasteiger partial charge in [0.1, 0.15) is 0 Å². The normalized spacial score (nSPS) is 11.5. The summed E-state index contributed by atoms with van der Waals surface area (Å²) in [5, 5.41) is 12.2. The molecule has 0 bridgehead atoms. The van der Waals surface area contributed by atoms with E-state index in [1.54, 1.807) is 0 Å². The van der Waals surface area contributed by atoms with E-state index in [-0.39, 0.29) is 12.6 Å². The molecule has 0 aromatic rings. The zero-order chi connectivity index (χ0) is 21.6. The molecule has 0 aliphatic heterocycles. The smallest absolute Gasteiger partial charge is 0.219 e. The minimum absolute atomic E-state index is 0.0880. The number of hydrogen-bond donors (Lipinski definition) is 2. The van der Waals surface area contributed by atoms with Gasteiger partial charge in [-0.2, -0.15) is 0 Å². The van der Waals surface area contributed by atoms with Gasteiger partial charge in [0.25, 0.3) is 0 Å². The summed E-state index contributed by atoms with van der Waals surface area (Å²) in [4.78, 5) is 13.9. The third-order valence-corrected chi connectivity index (χ3v) is 5.86. The second-order valence-electron chi connectivity index (χ2n) is 8.95. The minimum atomic E-state index is 0.0880. The molecule has 0 heterocycles. The van der Waals surface area contributed by atoms with Crippen molar-refractivity contribution in [1.29, 1.82) is 0 Å². The average Bonchev–Trinajstić information content (AvgIpc) is 2.70. The van der Waals surface area contributed by atoms with Crippen molar-refractivity contribution in [2.75, 3.05) is 19.8 Å². The number of nitrogens with one attached hydrogen (secondary N) is 1. The number of aliphatic hydroxyl groups is 1. The number of carbonyl (C=O) groups is 1. The maximum absolute atomic E-state index is 11.9. The van der Waals surface area contributed by atoms with Crippen LogP contribution in [0.5, 0.6) is 0 Å². The van der Waals surface area contributed by atoms with E-state index in [9.17, 15) is 9.90 Å². The molecule has 0 rings (SSSR count). The lowest BCUT2D eigenvalue weighted by Crippen LogP contribution is -2.34. The van der Waals surface area contributed by atoms with Crippen LogP contribution in [0, 0.1) is 0 Å². The highest BCUT2D eigenvalue weighted by atomic mass is 16.3. The maximum atomic E-state index is 11.9. The Bertz CT molecular complexity index is 348. The molecule has 0 atom stereocenters. The fourth-order valence-corrected chi connectivity index (χ4v) is 3.75. The lowest BCUT2D eigenvalue weighted by Gasteiger charge is -2.23. The van der Waals surface area contributed by atoms with Gasteiger partial charge in [-0.1, -0.05) is 96.8 Å². The molecule has 0 saturated carbocycles. The number of rotatable bonds is 22. The Morgan fingerprint density at radius 3 is 1.62 bits per heavy atom. The van der Waals surface area contributed by atoms with Crippen LogP contribution in [0.2, 0.25) is 0 Å². The highest BCUT2D eigenvalue weighted by molar-refractivity contribution is 5.75. The lowest BCUT2D eigenvalue weighted by atomic mass is 10.0. The van der Waals surface area contributed by atoms with Gasteiger partial charge in [-0.05, 0) is 26.7 Å². The standard InChI is InChI=1S/C25H52N2O2/c1-4-5-6-7-8-9-10-11-12-13-14-15-16-17-18-20-25(29)26-21-19-22-27(23-28)24(2)3/h24,28H,4-23H2,1-3H3,(H,26,29). The van der Waals surface area contributed by atoms with Crippen molar-refractivity contribution in [2.45, 2.75) is 136 Å². The molecule has 0 aromatic heterocycles. The van der Waals surface area contributed by atoms with Gasteiger partial charge in [-0.15, -0.1) is 0 Å². The largest absolute Gasteiger partial charge is 0.381 e. The summed E-state index contributed by atoms with van der Waals surface area (Å²) < 4.78 is 0. The van der Waals surface area contributed by atoms with Crippen molar-refractivity contribution in [3.05, 3.63) is 0 Å². The molecule has 174 valence electrons. The summed E-state index contributed by atoms with van der Waals surface area (Å²) in [6.07, 6.45) is 21.8. The van der Waals surface area contributed by atoms with Gasteiger partial charge in [0.05, 0.1) is 6.73 Å². The molecular formula is C25H52N2O2. The van der Waals surface area contributed by atoms with E-state index >= 15 is 0 Å². The summed E-state index contributed by atoms with van der Waals surface area (Å²) >= 11 is 0. The van der Waals surface area contributed by atoms with Crippen molar-refractivity contribution >= 4 is 5.91 Å². The average molecular weight is 413 g/mol. The fraction of sp³-hybridized carbons (Fsp3) is 0.960. The van der Waals surface area contributed by atoms with Crippen LogP contribution < -0.4 is 5.32 Å². The predicted molar refractivity (Wildman–Crippen MR) is 126 cm³/mol. The van der Waals surface area contributed by atoms with Gasteiger partial charge in [-0.3, -0.25) is 9.69 Å². The van der Waals surface area contributed by atoms with Crippen molar-refractivity contribution < 1.29 is 9.90 Å². The third kappa shape index (κ3) is 20.4.